The number of carbonyl (C=O) groups is 1. The van der Waals surface area contributed by atoms with Crippen LogP contribution in [0.2, 0.25) is 0 Å². The average molecular weight is 391 g/mol. The number of halogens is 1. The molecule has 0 aliphatic carbocycles. The van der Waals surface area contributed by atoms with Gasteiger partial charge in [0.15, 0.2) is 0 Å². The molecule has 0 heterocycles. The fourth-order valence-electron chi connectivity index (χ4n) is 1.88. The lowest BCUT2D eigenvalue weighted by Gasteiger charge is -2.13. The van der Waals surface area contributed by atoms with E-state index >= 15 is 0 Å². The summed E-state index contributed by atoms with van der Waals surface area (Å²) in [6.45, 7) is 1.71. The Morgan fingerprint density at radius 2 is 2.04 bits per heavy atom. The Labute approximate surface area is 147 Å². The predicted octanol–water partition coefficient (Wildman–Crippen LogP) is 3.31. The van der Waals surface area contributed by atoms with E-state index in [1.165, 1.54) is 18.3 Å². The van der Waals surface area contributed by atoms with E-state index in [9.17, 15) is 14.9 Å². The van der Waals surface area contributed by atoms with Crippen LogP contribution in [0.25, 0.3) is 0 Å². The number of hydrogen-bond donors (Lipinski definition) is 2. The molecule has 0 bridgehead atoms. The molecule has 2 aromatic carbocycles. The zero-order valence-corrected chi connectivity index (χ0v) is 14.4. The third kappa shape index (κ3) is 5.17. The Bertz CT molecular complexity index is 779. The van der Waals surface area contributed by atoms with Gasteiger partial charge < -0.3 is 5.32 Å². The minimum Gasteiger partial charge on any atom is -0.374 e. The van der Waals surface area contributed by atoms with Crippen molar-refractivity contribution in [3.8, 4) is 0 Å². The third-order valence-electron chi connectivity index (χ3n) is 3.07. The van der Waals surface area contributed by atoms with Gasteiger partial charge in [-0.25, -0.2) is 5.43 Å². The standard InChI is InChI=1S/C16H15BrN4O3/c1-11(19-14-6-3-5-13(17)9-14)16(22)20-18-10-12-4-2-7-15(8-12)21(23)24/h2-11,19H,1H3,(H,20,22). The highest BCUT2D eigenvalue weighted by Gasteiger charge is 2.11. The summed E-state index contributed by atoms with van der Waals surface area (Å²) in [6, 6.07) is 12.9. The van der Waals surface area contributed by atoms with Crippen molar-refractivity contribution in [1.82, 2.24) is 5.43 Å². The molecular formula is C16H15BrN4O3. The number of benzene rings is 2. The van der Waals surface area contributed by atoms with E-state index in [2.05, 4.69) is 31.8 Å². The minimum absolute atomic E-state index is 0.0324. The molecule has 8 heteroatoms. The van der Waals surface area contributed by atoms with Gasteiger partial charge >= 0.3 is 0 Å². The second kappa shape index (κ2) is 8.21. The van der Waals surface area contributed by atoms with Gasteiger partial charge in [-0.3, -0.25) is 14.9 Å². The van der Waals surface area contributed by atoms with Gasteiger partial charge in [-0.15, -0.1) is 0 Å². The van der Waals surface area contributed by atoms with Gasteiger partial charge in [0.2, 0.25) is 0 Å². The SMILES string of the molecule is CC(Nc1cccc(Br)c1)C(=O)NN=Cc1cccc([N+](=O)[O-])c1. The molecule has 1 amide bonds. The number of anilines is 1. The molecule has 0 fully saturated rings. The molecule has 0 aromatic heterocycles. The number of amides is 1. The first-order chi connectivity index (χ1) is 11.5. The van der Waals surface area contributed by atoms with Gasteiger partial charge in [-0.2, -0.15) is 5.10 Å². The van der Waals surface area contributed by atoms with Gasteiger partial charge in [0, 0.05) is 27.9 Å². The minimum atomic E-state index is -0.499. The summed E-state index contributed by atoms with van der Waals surface area (Å²) in [5.74, 6) is -0.323. The number of non-ortho nitro benzene ring substituents is 1. The molecule has 0 aliphatic heterocycles. The van der Waals surface area contributed by atoms with E-state index in [0.717, 1.165) is 10.2 Å². The number of nitro groups is 1. The van der Waals surface area contributed by atoms with Crippen LogP contribution < -0.4 is 10.7 Å². The lowest BCUT2D eigenvalue weighted by molar-refractivity contribution is -0.384. The number of nitrogens with zero attached hydrogens (tertiary/aromatic N) is 2. The zero-order chi connectivity index (χ0) is 17.5. The van der Waals surface area contributed by atoms with Gasteiger partial charge in [-0.05, 0) is 25.1 Å². The number of rotatable bonds is 6. The van der Waals surface area contributed by atoms with Crippen molar-refractivity contribution in [3.63, 3.8) is 0 Å². The molecule has 0 aliphatic rings. The lowest BCUT2D eigenvalue weighted by Crippen LogP contribution is -2.34. The molecule has 0 radical (unpaired) electrons. The first-order valence-electron chi connectivity index (χ1n) is 7.05. The zero-order valence-electron chi connectivity index (χ0n) is 12.8. The fourth-order valence-corrected chi connectivity index (χ4v) is 2.28. The number of carbonyl (C=O) groups excluding carboxylic acids is 1. The van der Waals surface area contributed by atoms with E-state index in [1.807, 2.05) is 24.3 Å². The topological polar surface area (TPSA) is 96.6 Å². The maximum absolute atomic E-state index is 12.0. The average Bonchev–Trinajstić information content (AvgIpc) is 2.55. The largest absolute Gasteiger partial charge is 0.374 e. The van der Waals surface area contributed by atoms with Crippen LogP contribution in [0.3, 0.4) is 0 Å². The van der Waals surface area contributed by atoms with Crippen LogP contribution in [0, 0.1) is 10.1 Å². The predicted molar refractivity (Wildman–Crippen MR) is 96.1 cm³/mol. The van der Waals surface area contributed by atoms with E-state index in [1.54, 1.807) is 19.1 Å². The summed E-state index contributed by atoms with van der Waals surface area (Å²) in [7, 11) is 0. The second-order valence-electron chi connectivity index (χ2n) is 4.96. The Balaban J connectivity index is 1.92. The maximum Gasteiger partial charge on any atom is 0.270 e. The van der Waals surface area contributed by atoms with Gasteiger partial charge in [0.05, 0.1) is 11.1 Å². The van der Waals surface area contributed by atoms with Crippen LogP contribution in [0.4, 0.5) is 11.4 Å². The normalized spacial score (nSPS) is 11.9. The van der Waals surface area contributed by atoms with Crippen LogP contribution >= 0.6 is 15.9 Å². The highest BCUT2D eigenvalue weighted by Crippen LogP contribution is 2.16. The number of nitrogens with one attached hydrogen (secondary N) is 2. The molecule has 124 valence electrons. The molecule has 2 N–H and O–H groups in total. The molecule has 1 atom stereocenters. The van der Waals surface area contributed by atoms with Gasteiger partial charge in [0.25, 0.3) is 11.6 Å². The molecule has 24 heavy (non-hydrogen) atoms. The van der Waals surface area contributed by atoms with Crippen LogP contribution in [-0.2, 0) is 4.79 Å². The number of nitro benzene ring substituents is 1. The number of hydrazone groups is 1. The quantitative estimate of drug-likeness (QED) is 0.449. The van der Waals surface area contributed by atoms with Crippen molar-refractivity contribution in [1.29, 1.82) is 0 Å². The molecule has 1 unspecified atom stereocenters. The molecule has 0 saturated carbocycles. The summed E-state index contributed by atoms with van der Waals surface area (Å²) in [4.78, 5) is 22.2. The molecule has 2 aromatic rings. The van der Waals surface area contributed by atoms with E-state index in [-0.39, 0.29) is 11.6 Å². The van der Waals surface area contributed by atoms with Gasteiger partial charge in [-0.1, -0.05) is 34.1 Å². The van der Waals surface area contributed by atoms with Gasteiger partial charge in [0.1, 0.15) is 6.04 Å². The van der Waals surface area contributed by atoms with Crippen molar-refractivity contribution >= 4 is 39.4 Å². The maximum atomic E-state index is 12.0. The molecular weight excluding hydrogens is 376 g/mol. The monoisotopic (exact) mass is 390 g/mol. The summed E-state index contributed by atoms with van der Waals surface area (Å²) in [6.07, 6.45) is 1.36. The van der Waals surface area contributed by atoms with Crippen molar-refractivity contribution in [2.75, 3.05) is 5.32 Å². The fraction of sp³-hybridized carbons (Fsp3) is 0.125. The Kier molecular flexibility index (Phi) is 6.02. The second-order valence-corrected chi connectivity index (χ2v) is 5.88. The van der Waals surface area contributed by atoms with Crippen LogP contribution in [0.15, 0.2) is 58.1 Å². The van der Waals surface area contributed by atoms with Crippen molar-refractivity contribution in [2.24, 2.45) is 5.10 Å². The Morgan fingerprint density at radius 1 is 1.29 bits per heavy atom. The van der Waals surface area contributed by atoms with E-state index < -0.39 is 11.0 Å². The molecule has 7 nitrogen and oxygen atoms in total. The lowest BCUT2D eigenvalue weighted by atomic mass is 10.2. The highest BCUT2D eigenvalue weighted by molar-refractivity contribution is 9.10. The summed E-state index contributed by atoms with van der Waals surface area (Å²) in [5.41, 5.74) is 3.69. The van der Waals surface area contributed by atoms with E-state index in [4.69, 9.17) is 0 Å². The molecule has 0 saturated heterocycles. The molecule has 2 rings (SSSR count). The Morgan fingerprint density at radius 3 is 2.75 bits per heavy atom. The Hall–Kier alpha value is -2.74. The van der Waals surface area contributed by atoms with Crippen LogP contribution in [0.5, 0.6) is 0 Å². The molecule has 0 spiro atoms. The highest BCUT2D eigenvalue weighted by atomic mass is 79.9. The summed E-state index contributed by atoms with van der Waals surface area (Å²) >= 11 is 3.36. The summed E-state index contributed by atoms with van der Waals surface area (Å²) in [5, 5.41) is 17.6. The van der Waals surface area contributed by atoms with Crippen LogP contribution in [-0.4, -0.2) is 23.1 Å². The first kappa shape index (κ1) is 17.6. The van der Waals surface area contributed by atoms with E-state index in [0.29, 0.717) is 5.56 Å². The van der Waals surface area contributed by atoms with Crippen molar-refractivity contribution in [3.05, 3.63) is 68.7 Å². The van der Waals surface area contributed by atoms with Crippen molar-refractivity contribution in [2.45, 2.75) is 13.0 Å². The third-order valence-corrected chi connectivity index (χ3v) is 3.56. The van der Waals surface area contributed by atoms with Crippen LogP contribution in [0.1, 0.15) is 12.5 Å². The smallest absolute Gasteiger partial charge is 0.270 e. The first-order valence-corrected chi connectivity index (χ1v) is 7.84. The van der Waals surface area contributed by atoms with Crippen molar-refractivity contribution < 1.29 is 9.72 Å². The summed E-state index contributed by atoms with van der Waals surface area (Å²) < 4.78 is 0.906. The number of hydrogen-bond acceptors (Lipinski definition) is 5.